The lowest BCUT2D eigenvalue weighted by molar-refractivity contribution is -0.156. The molecule has 7 heteroatoms. The number of carbonyl (C=O) groups is 3. The fourth-order valence-electron chi connectivity index (χ4n) is 4.86. The van der Waals surface area contributed by atoms with Gasteiger partial charge in [0.05, 0.1) is 0 Å². The molecule has 1 aromatic rings. The molecule has 0 aliphatic carbocycles. The molecule has 2 aliphatic heterocycles. The highest BCUT2D eigenvalue weighted by Gasteiger charge is 2.34. The molecule has 0 radical (unpaired) electrons. The van der Waals surface area contributed by atoms with Crippen molar-refractivity contribution in [3.63, 3.8) is 0 Å². The number of ether oxygens (including phenoxy) is 1. The van der Waals surface area contributed by atoms with Gasteiger partial charge in [-0.2, -0.15) is 0 Å². The third-order valence-electron chi connectivity index (χ3n) is 6.68. The van der Waals surface area contributed by atoms with Gasteiger partial charge in [-0.1, -0.05) is 18.2 Å². The maximum atomic E-state index is 13.1. The lowest BCUT2D eigenvalue weighted by atomic mass is 9.80. The van der Waals surface area contributed by atoms with Crippen LogP contribution in [0.1, 0.15) is 57.3 Å². The summed E-state index contributed by atoms with van der Waals surface area (Å²) in [6, 6.07) is 9.41. The topological polar surface area (TPSA) is 70.2 Å². The summed E-state index contributed by atoms with van der Waals surface area (Å²) in [4.78, 5) is 43.4. The minimum atomic E-state index is -0.493. The molecule has 2 atom stereocenters. The smallest absolute Gasteiger partial charge is 0.306 e. The highest BCUT2D eigenvalue weighted by Crippen LogP contribution is 2.31. The number of hydrogen-bond acceptors (Lipinski definition) is 5. The Morgan fingerprint density at radius 1 is 0.939 bits per heavy atom. The summed E-state index contributed by atoms with van der Waals surface area (Å²) in [6.45, 7) is 12.8. The third kappa shape index (κ3) is 7.56. The van der Waals surface area contributed by atoms with E-state index in [9.17, 15) is 14.4 Å². The SMILES string of the molecule is CC(=O)N1CCN(CC[C@@H]2CN(C(=O)c3ccccc3)CC[C@H]2CC(=O)OC(C)(C)C)CC1. The molecule has 33 heavy (non-hydrogen) atoms. The Balaban J connectivity index is 1.62. The van der Waals surface area contributed by atoms with E-state index >= 15 is 0 Å². The van der Waals surface area contributed by atoms with Gasteiger partial charge in [0.15, 0.2) is 0 Å². The van der Waals surface area contributed by atoms with Gasteiger partial charge in [-0.3, -0.25) is 19.3 Å². The second-order valence-electron chi connectivity index (χ2n) is 10.4. The number of hydrogen-bond donors (Lipinski definition) is 0. The van der Waals surface area contributed by atoms with Crippen molar-refractivity contribution < 1.29 is 19.1 Å². The number of benzene rings is 1. The molecule has 2 heterocycles. The zero-order valence-electron chi connectivity index (χ0n) is 20.6. The maximum absolute atomic E-state index is 13.1. The first-order valence-electron chi connectivity index (χ1n) is 12.2. The molecular weight excluding hydrogens is 418 g/mol. The average Bonchev–Trinajstić information content (AvgIpc) is 2.77. The molecule has 0 saturated carbocycles. The molecule has 3 rings (SSSR count). The molecule has 182 valence electrons. The predicted molar refractivity (Wildman–Crippen MR) is 128 cm³/mol. The molecule has 0 unspecified atom stereocenters. The molecule has 0 spiro atoms. The van der Waals surface area contributed by atoms with Crippen molar-refractivity contribution in [1.29, 1.82) is 0 Å². The summed E-state index contributed by atoms with van der Waals surface area (Å²) in [7, 11) is 0. The van der Waals surface area contributed by atoms with E-state index in [1.165, 1.54) is 0 Å². The monoisotopic (exact) mass is 457 g/mol. The Hall–Kier alpha value is -2.41. The molecule has 2 amide bonds. The van der Waals surface area contributed by atoms with E-state index in [-0.39, 0.29) is 29.6 Å². The molecule has 0 bridgehead atoms. The van der Waals surface area contributed by atoms with Gasteiger partial charge in [0.25, 0.3) is 5.91 Å². The molecular formula is C26H39N3O4. The molecule has 2 saturated heterocycles. The minimum absolute atomic E-state index is 0.0615. The molecule has 0 N–H and O–H groups in total. The Morgan fingerprint density at radius 3 is 2.21 bits per heavy atom. The van der Waals surface area contributed by atoms with Crippen molar-refractivity contribution in [3.8, 4) is 0 Å². The van der Waals surface area contributed by atoms with E-state index in [1.54, 1.807) is 6.92 Å². The highest BCUT2D eigenvalue weighted by atomic mass is 16.6. The Kier molecular flexibility index (Phi) is 8.51. The van der Waals surface area contributed by atoms with Gasteiger partial charge >= 0.3 is 5.97 Å². The lowest BCUT2D eigenvalue weighted by Crippen LogP contribution is -2.49. The molecule has 2 fully saturated rings. The van der Waals surface area contributed by atoms with Crippen LogP contribution in [0.4, 0.5) is 0 Å². The summed E-state index contributed by atoms with van der Waals surface area (Å²) >= 11 is 0. The van der Waals surface area contributed by atoms with Crippen LogP contribution >= 0.6 is 0 Å². The van der Waals surface area contributed by atoms with Crippen molar-refractivity contribution in [3.05, 3.63) is 35.9 Å². The summed E-state index contributed by atoms with van der Waals surface area (Å²) in [5.41, 5.74) is 0.217. The van der Waals surface area contributed by atoms with Crippen LogP contribution in [0.25, 0.3) is 0 Å². The quantitative estimate of drug-likeness (QED) is 0.614. The number of nitrogens with zero attached hydrogens (tertiary/aromatic N) is 3. The standard InChI is InChI=1S/C26H39N3O4/c1-20(30)28-16-14-27(15-17-28)12-10-23-19-29(25(32)21-8-6-5-7-9-21)13-11-22(23)18-24(31)33-26(2,3)4/h5-9,22-23H,10-19H2,1-4H3/t22-,23+/m0/s1. The first-order chi connectivity index (χ1) is 15.6. The van der Waals surface area contributed by atoms with Gasteiger partial charge in [0, 0.05) is 58.2 Å². The molecule has 1 aromatic carbocycles. The first kappa shape index (κ1) is 25.2. The van der Waals surface area contributed by atoms with Crippen molar-refractivity contribution in [2.24, 2.45) is 11.8 Å². The van der Waals surface area contributed by atoms with Crippen LogP contribution in [-0.2, 0) is 14.3 Å². The van der Waals surface area contributed by atoms with Gasteiger partial charge in [-0.05, 0) is 64.1 Å². The van der Waals surface area contributed by atoms with Crippen LogP contribution in [0, 0.1) is 11.8 Å². The van der Waals surface area contributed by atoms with Crippen LogP contribution in [0.3, 0.4) is 0 Å². The van der Waals surface area contributed by atoms with Crippen LogP contribution in [0.15, 0.2) is 30.3 Å². The molecule has 0 aromatic heterocycles. The Morgan fingerprint density at radius 2 is 1.61 bits per heavy atom. The number of amides is 2. The van der Waals surface area contributed by atoms with Crippen molar-refractivity contribution in [1.82, 2.24) is 14.7 Å². The number of carbonyl (C=O) groups excluding carboxylic acids is 3. The van der Waals surface area contributed by atoms with Crippen LogP contribution in [0.2, 0.25) is 0 Å². The Bertz CT molecular complexity index is 813. The summed E-state index contributed by atoms with van der Waals surface area (Å²) < 4.78 is 5.59. The van der Waals surface area contributed by atoms with Crippen LogP contribution < -0.4 is 0 Å². The number of rotatable bonds is 6. The zero-order valence-corrected chi connectivity index (χ0v) is 20.6. The fraction of sp³-hybridized carbons (Fsp3) is 0.654. The van der Waals surface area contributed by atoms with Crippen molar-refractivity contribution >= 4 is 17.8 Å². The van der Waals surface area contributed by atoms with E-state index < -0.39 is 5.60 Å². The normalized spacial score (nSPS) is 22.2. The second kappa shape index (κ2) is 11.1. The number of piperazine rings is 1. The summed E-state index contributed by atoms with van der Waals surface area (Å²) in [5.74, 6) is 0.485. The highest BCUT2D eigenvalue weighted by molar-refractivity contribution is 5.94. The third-order valence-corrected chi connectivity index (χ3v) is 6.68. The van der Waals surface area contributed by atoms with Gasteiger partial charge in [-0.15, -0.1) is 0 Å². The van der Waals surface area contributed by atoms with Gasteiger partial charge in [0.2, 0.25) is 5.91 Å². The van der Waals surface area contributed by atoms with E-state index in [1.807, 2.05) is 60.9 Å². The Labute approximate surface area is 198 Å². The van der Waals surface area contributed by atoms with E-state index in [0.29, 0.717) is 25.1 Å². The van der Waals surface area contributed by atoms with E-state index in [0.717, 1.165) is 45.6 Å². The van der Waals surface area contributed by atoms with Crippen LogP contribution in [0.5, 0.6) is 0 Å². The molecule has 7 nitrogen and oxygen atoms in total. The number of piperidine rings is 1. The summed E-state index contributed by atoms with van der Waals surface area (Å²) in [5, 5.41) is 0. The minimum Gasteiger partial charge on any atom is -0.460 e. The van der Waals surface area contributed by atoms with Crippen molar-refractivity contribution in [2.45, 2.75) is 52.6 Å². The fourth-order valence-corrected chi connectivity index (χ4v) is 4.86. The first-order valence-corrected chi connectivity index (χ1v) is 12.2. The van der Waals surface area contributed by atoms with Gasteiger partial charge in [-0.25, -0.2) is 0 Å². The van der Waals surface area contributed by atoms with E-state index in [2.05, 4.69) is 4.90 Å². The lowest BCUT2D eigenvalue weighted by Gasteiger charge is -2.40. The van der Waals surface area contributed by atoms with Gasteiger partial charge in [0.1, 0.15) is 5.60 Å². The zero-order chi connectivity index (χ0) is 24.0. The summed E-state index contributed by atoms with van der Waals surface area (Å²) in [6.07, 6.45) is 2.13. The largest absolute Gasteiger partial charge is 0.460 e. The van der Waals surface area contributed by atoms with Crippen molar-refractivity contribution in [2.75, 3.05) is 45.8 Å². The van der Waals surface area contributed by atoms with Gasteiger partial charge < -0.3 is 14.5 Å². The number of esters is 1. The predicted octanol–water partition coefficient (Wildman–Crippen LogP) is 3.05. The van der Waals surface area contributed by atoms with Crippen LogP contribution in [-0.4, -0.2) is 83.9 Å². The number of likely N-dealkylation sites (tertiary alicyclic amines) is 1. The molecule has 2 aliphatic rings. The second-order valence-corrected chi connectivity index (χ2v) is 10.4. The maximum Gasteiger partial charge on any atom is 0.306 e. The average molecular weight is 458 g/mol. The van der Waals surface area contributed by atoms with E-state index in [4.69, 9.17) is 4.74 Å².